The van der Waals surface area contributed by atoms with Crippen molar-refractivity contribution in [1.29, 1.82) is 0 Å². The Morgan fingerprint density at radius 2 is 1.88 bits per heavy atom. The normalized spacial score (nSPS) is 12.8. The Hall–Kier alpha value is -1.85. The Morgan fingerprint density at radius 1 is 1.17 bits per heavy atom. The standard InChI is InChI=1S/C19H25NO3S/c1-14-11-16(9-10-19(14)24(4,21)22)13-20-15(2)12-17-7-5-6-8-18(17)23-3/h5-11,15,20H,12-13H2,1-4H3/t15-/m0/s1. The molecule has 2 aromatic rings. The number of para-hydroxylation sites is 1. The monoisotopic (exact) mass is 347 g/mol. The molecule has 0 heterocycles. The van der Waals surface area contributed by atoms with E-state index in [2.05, 4.69) is 18.3 Å². The van der Waals surface area contributed by atoms with Crippen LogP contribution in [0.15, 0.2) is 47.4 Å². The zero-order chi connectivity index (χ0) is 17.7. The molecule has 4 nitrogen and oxygen atoms in total. The fourth-order valence-corrected chi connectivity index (χ4v) is 3.76. The van der Waals surface area contributed by atoms with E-state index in [9.17, 15) is 8.42 Å². The first-order valence-corrected chi connectivity index (χ1v) is 9.85. The third-order valence-electron chi connectivity index (χ3n) is 4.01. The zero-order valence-electron chi connectivity index (χ0n) is 14.7. The third-order valence-corrected chi connectivity index (χ3v) is 5.27. The summed E-state index contributed by atoms with van der Waals surface area (Å²) in [5, 5.41) is 3.48. The Kier molecular flexibility index (Phi) is 6.02. The van der Waals surface area contributed by atoms with Gasteiger partial charge in [-0.05, 0) is 49.1 Å². The molecule has 0 aliphatic carbocycles. The van der Waals surface area contributed by atoms with E-state index in [0.717, 1.165) is 23.3 Å². The molecule has 0 aliphatic rings. The van der Waals surface area contributed by atoms with Crippen molar-refractivity contribution < 1.29 is 13.2 Å². The fraction of sp³-hybridized carbons (Fsp3) is 0.368. The lowest BCUT2D eigenvalue weighted by Gasteiger charge is -2.16. The molecule has 0 aliphatic heterocycles. The van der Waals surface area contributed by atoms with Gasteiger partial charge in [-0.2, -0.15) is 0 Å². The highest BCUT2D eigenvalue weighted by Gasteiger charge is 2.12. The number of aryl methyl sites for hydroxylation is 1. The van der Waals surface area contributed by atoms with Crippen molar-refractivity contribution in [3.63, 3.8) is 0 Å². The van der Waals surface area contributed by atoms with Crippen LogP contribution in [-0.2, 0) is 22.8 Å². The van der Waals surface area contributed by atoms with Gasteiger partial charge in [0.25, 0.3) is 0 Å². The van der Waals surface area contributed by atoms with Crippen LogP contribution in [0.2, 0.25) is 0 Å². The van der Waals surface area contributed by atoms with Gasteiger partial charge < -0.3 is 10.1 Å². The molecule has 0 saturated heterocycles. The van der Waals surface area contributed by atoms with E-state index < -0.39 is 9.84 Å². The Bertz CT molecular complexity index is 800. The number of methoxy groups -OCH3 is 1. The minimum atomic E-state index is -3.16. The predicted molar refractivity (Wildman–Crippen MR) is 97.3 cm³/mol. The first-order valence-electron chi connectivity index (χ1n) is 7.96. The summed E-state index contributed by atoms with van der Waals surface area (Å²) in [5.41, 5.74) is 3.03. The summed E-state index contributed by atoms with van der Waals surface area (Å²) in [6.45, 7) is 4.66. The summed E-state index contributed by atoms with van der Waals surface area (Å²) in [4.78, 5) is 0.397. The molecule has 0 radical (unpaired) electrons. The largest absolute Gasteiger partial charge is 0.496 e. The first kappa shape index (κ1) is 18.5. The van der Waals surface area contributed by atoms with E-state index >= 15 is 0 Å². The zero-order valence-corrected chi connectivity index (χ0v) is 15.5. The van der Waals surface area contributed by atoms with Gasteiger partial charge in [-0.1, -0.05) is 30.3 Å². The molecular formula is C19H25NO3S. The maximum Gasteiger partial charge on any atom is 0.175 e. The summed E-state index contributed by atoms with van der Waals surface area (Å²) in [6, 6.07) is 13.8. The molecule has 0 aromatic heterocycles. The van der Waals surface area contributed by atoms with Crippen LogP contribution in [0, 0.1) is 6.92 Å². The fourth-order valence-electron chi connectivity index (χ4n) is 2.80. The van der Waals surface area contributed by atoms with Gasteiger partial charge in [0.05, 0.1) is 12.0 Å². The number of rotatable bonds is 7. The van der Waals surface area contributed by atoms with E-state index in [4.69, 9.17) is 4.74 Å². The number of nitrogens with one attached hydrogen (secondary N) is 1. The van der Waals surface area contributed by atoms with Crippen LogP contribution in [0.25, 0.3) is 0 Å². The highest BCUT2D eigenvalue weighted by Crippen LogP contribution is 2.19. The minimum Gasteiger partial charge on any atom is -0.496 e. The second-order valence-electron chi connectivity index (χ2n) is 6.17. The first-order chi connectivity index (χ1) is 11.3. The molecule has 0 unspecified atom stereocenters. The van der Waals surface area contributed by atoms with Crippen LogP contribution in [0.5, 0.6) is 5.75 Å². The number of sulfone groups is 1. The van der Waals surface area contributed by atoms with Gasteiger partial charge in [0.15, 0.2) is 9.84 Å². The maximum absolute atomic E-state index is 11.7. The van der Waals surface area contributed by atoms with Crippen molar-refractivity contribution >= 4 is 9.84 Å². The molecule has 24 heavy (non-hydrogen) atoms. The number of benzene rings is 2. The molecule has 130 valence electrons. The van der Waals surface area contributed by atoms with Gasteiger partial charge in [0.1, 0.15) is 5.75 Å². The predicted octanol–water partition coefficient (Wildman–Crippen LogP) is 3.13. The number of ether oxygens (including phenoxy) is 1. The summed E-state index contributed by atoms with van der Waals surface area (Å²) in [5.74, 6) is 0.902. The van der Waals surface area contributed by atoms with Crippen LogP contribution in [0.3, 0.4) is 0 Å². The number of hydrogen-bond acceptors (Lipinski definition) is 4. The van der Waals surface area contributed by atoms with Gasteiger partial charge in [-0.15, -0.1) is 0 Å². The highest BCUT2D eigenvalue weighted by atomic mass is 32.2. The summed E-state index contributed by atoms with van der Waals surface area (Å²) in [7, 11) is -1.48. The van der Waals surface area contributed by atoms with Crippen molar-refractivity contribution in [1.82, 2.24) is 5.32 Å². The second kappa shape index (κ2) is 7.81. The van der Waals surface area contributed by atoms with Crippen molar-refractivity contribution in [3.05, 3.63) is 59.2 Å². The van der Waals surface area contributed by atoms with Crippen LogP contribution in [0.1, 0.15) is 23.6 Å². The van der Waals surface area contributed by atoms with Crippen LogP contribution in [0.4, 0.5) is 0 Å². The number of hydrogen-bond donors (Lipinski definition) is 1. The minimum absolute atomic E-state index is 0.274. The van der Waals surface area contributed by atoms with Gasteiger partial charge in [0, 0.05) is 18.8 Å². The SMILES string of the molecule is COc1ccccc1C[C@H](C)NCc1ccc(S(C)(=O)=O)c(C)c1. The van der Waals surface area contributed by atoms with Crippen molar-refractivity contribution in [2.75, 3.05) is 13.4 Å². The van der Waals surface area contributed by atoms with Crippen LogP contribution in [-0.4, -0.2) is 27.8 Å². The molecule has 1 atom stereocenters. The molecule has 0 saturated carbocycles. The highest BCUT2D eigenvalue weighted by molar-refractivity contribution is 7.90. The van der Waals surface area contributed by atoms with Crippen molar-refractivity contribution in [2.24, 2.45) is 0 Å². The van der Waals surface area contributed by atoms with E-state index in [-0.39, 0.29) is 6.04 Å². The van der Waals surface area contributed by atoms with Gasteiger partial charge >= 0.3 is 0 Å². The van der Waals surface area contributed by atoms with Crippen LogP contribution < -0.4 is 10.1 Å². The Morgan fingerprint density at radius 3 is 2.50 bits per heavy atom. The molecule has 1 N–H and O–H groups in total. The third kappa shape index (κ3) is 4.82. The van der Waals surface area contributed by atoms with Gasteiger partial charge in [0.2, 0.25) is 0 Å². The van der Waals surface area contributed by atoms with Gasteiger partial charge in [-0.25, -0.2) is 8.42 Å². The van der Waals surface area contributed by atoms with E-state index in [0.29, 0.717) is 11.4 Å². The van der Waals surface area contributed by atoms with E-state index in [1.54, 1.807) is 13.2 Å². The Balaban J connectivity index is 1.99. The Labute approximate surface area is 144 Å². The summed E-state index contributed by atoms with van der Waals surface area (Å²) < 4.78 is 28.7. The van der Waals surface area contributed by atoms with E-state index in [1.165, 1.54) is 11.8 Å². The van der Waals surface area contributed by atoms with Crippen molar-refractivity contribution in [2.45, 2.75) is 37.8 Å². The molecule has 0 spiro atoms. The molecule has 2 aromatic carbocycles. The lowest BCUT2D eigenvalue weighted by atomic mass is 10.1. The molecular weight excluding hydrogens is 322 g/mol. The summed E-state index contributed by atoms with van der Waals surface area (Å²) >= 11 is 0. The average Bonchev–Trinajstić information content (AvgIpc) is 2.52. The van der Waals surface area contributed by atoms with Gasteiger partial charge in [-0.3, -0.25) is 0 Å². The van der Waals surface area contributed by atoms with Crippen LogP contribution >= 0.6 is 0 Å². The van der Waals surface area contributed by atoms with Crippen molar-refractivity contribution in [3.8, 4) is 5.75 Å². The average molecular weight is 347 g/mol. The molecule has 0 bridgehead atoms. The molecule has 2 rings (SSSR count). The quantitative estimate of drug-likeness (QED) is 0.836. The second-order valence-corrected chi connectivity index (χ2v) is 8.15. The molecule has 0 amide bonds. The molecule has 5 heteroatoms. The maximum atomic E-state index is 11.7. The van der Waals surface area contributed by atoms with E-state index in [1.807, 2.05) is 37.3 Å². The smallest absolute Gasteiger partial charge is 0.175 e. The summed E-state index contributed by atoms with van der Waals surface area (Å²) in [6.07, 6.45) is 2.10. The molecule has 0 fully saturated rings. The lowest BCUT2D eigenvalue weighted by molar-refractivity contribution is 0.406. The lowest BCUT2D eigenvalue weighted by Crippen LogP contribution is -2.27. The topological polar surface area (TPSA) is 55.4 Å².